The van der Waals surface area contributed by atoms with E-state index >= 15 is 0 Å². The van der Waals surface area contributed by atoms with Crippen molar-refractivity contribution in [1.29, 1.82) is 0 Å². The van der Waals surface area contributed by atoms with Gasteiger partial charge in [0.25, 0.3) is 0 Å². The summed E-state index contributed by atoms with van der Waals surface area (Å²) < 4.78 is 5.09. The third-order valence-electron chi connectivity index (χ3n) is 1.96. The van der Waals surface area contributed by atoms with Gasteiger partial charge in [-0.3, -0.25) is 0 Å². The number of rotatable bonds is 3. The van der Waals surface area contributed by atoms with E-state index in [0.717, 1.165) is 0 Å². The summed E-state index contributed by atoms with van der Waals surface area (Å²) in [6, 6.07) is 3.30. The van der Waals surface area contributed by atoms with Crippen molar-refractivity contribution in [2.45, 2.75) is 26.4 Å². The number of nitrogens with one attached hydrogen (secondary N) is 1. The minimum absolute atomic E-state index is 0.322. The Balaban J connectivity index is 2.47. The second kappa shape index (κ2) is 6.43. The Hall–Kier alpha value is -1.75. The van der Waals surface area contributed by atoms with Gasteiger partial charge in [0.15, 0.2) is 0 Å². The van der Waals surface area contributed by atoms with Gasteiger partial charge in [0, 0.05) is 6.54 Å². The highest BCUT2D eigenvalue weighted by Crippen LogP contribution is 2.14. The largest absolute Gasteiger partial charge is 0.444 e. The molecule has 1 amide bonds. The molecule has 1 aromatic rings. The van der Waals surface area contributed by atoms with Crippen molar-refractivity contribution in [2.24, 2.45) is 0 Å². The summed E-state index contributed by atoms with van der Waals surface area (Å²) in [5, 5.41) is 2.96. The summed E-state index contributed by atoms with van der Waals surface area (Å²) in [7, 11) is 0. The highest BCUT2D eigenvalue weighted by molar-refractivity contribution is 6.29. The molecule has 104 valence electrons. The zero-order valence-corrected chi connectivity index (χ0v) is 12.0. The SMILES string of the molecule is CC(C)(C)OC(=O)NCC=Cc1nc(Cl)ccc1N. The van der Waals surface area contributed by atoms with E-state index in [2.05, 4.69) is 10.3 Å². The van der Waals surface area contributed by atoms with Crippen molar-refractivity contribution in [3.63, 3.8) is 0 Å². The molecular formula is C13H18ClN3O2. The summed E-state index contributed by atoms with van der Waals surface area (Å²) in [6.45, 7) is 5.74. The summed E-state index contributed by atoms with van der Waals surface area (Å²) in [5.74, 6) is 0. The standard InChI is InChI=1S/C13H18ClN3O2/c1-13(2,3)19-12(18)16-8-4-5-10-9(15)6-7-11(14)17-10/h4-7H,8,15H2,1-3H3,(H,16,18). The molecular weight excluding hydrogens is 266 g/mol. The molecule has 0 aromatic carbocycles. The first-order valence-corrected chi connectivity index (χ1v) is 6.21. The van der Waals surface area contributed by atoms with Crippen molar-refractivity contribution < 1.29 is 9.53 Å². The molecule has 0 bridgehead atoms. The Morgan fingerprint density at radius 3 is 2.84 bits per heavy atom. The van der Waals surface area contributed by atoms with Crippen LogP contribution in [0.15, 0.2) is 18.2 Å². The zero-order chi connectivity index (χ0) is 14.5. The molecule has 0 aliphatic carbocycles. The van der Waals surface area contributed by atoms with Crippen molar-refractivity contribution in [3.05, 3.63) is 29.1 Å². The van der Waals surface area contributed by atoms with E-state index in [-0.39, 0.29) is 0 Å². The molecule has 0 radical (unpaired) electrons. The number of halogens is 1. The second-order valence-electron chi connectivity index (χ2n) is 4.89. The summed E-state index contributed by atoms with van der Waals surface area (Å²) >= 11 is 5.76. The van der Waals surface area contributed by atoms with E-state index in [9.17, 15) is 4.79 Å². The number of carbonyl (C=O) groups excluding carboxylic acids is 1. The fourth-order valence-electron chi connectivity index (χ4n) is 1.22. The molecule has 1 aromatic heterocycles. The molecule has 0 saturated heterocycles. The molecule has 0 unspecified atom stereocenters. The average molecular weight is 284 g/mol. The monoisotopic (exact) mass is 283 g/mol. The number of ether oxygens (including phenoxy) is 1. The molecule has 1 rings (SSSR count). The lowest BCUT2D eigenvalue weighted by molar-refractivity contribution is 0.0534. The number of nitrogen functional groups attached to an aromatic ring is 1. The Labute approximate surface area is 117 Å². The predicted molar refractivity (Wildman–Crippen MR) is 76.9 cm³/mol. The molecule has 0 aliphatic heterocycles. The fourth-order valence-corrected chi connectivity index (χ4v) is 1.38. The fraction of sp³-hybridized carbons (Fsp3) is 0.385. The van der Waals surface area contributed by atoms with Crippen molar-refractivity contribution in [1.82, 2.24) is 10.3 Å². The van der Waals surface area contributed by atoms with Crippen LogP contribution in [0, 0.1) is 0 Å². The van der Waals surface area contributed by atoms with Gasteiger partial charge in [-0.25, -0.2) is 9.78 Å². The Bertz CT molecular complexity index is 481. The zero-order valence-electron chi connectivity index (χ0n) is 11.2. The van der Waals surface area contributed by atoms with Crippen LogP contribution in [-0.2, 0) is 4.74 Å². The minimum Gasteiger partial charge on any atom is -0.444 e. The normalized spacial score (nSPS) is 11.6. The molecule has 0 fully saturated rings. The molecule has 3 N–H and O–H groups in total. The van der Waals surface area contributed by atoms with Crippen LogP contribution in [0.25, 0.3) is 6.08 Å². The van der Waals surface area contributed by atoms with Crippen LogP contribution in [0.4, 0.5) is 10.5 Å². The minimum atomic E-state index is -0.507. The van der Waals surface area contributed by atoms with E-state index in [1.807, 2.05) is 0 Å². The van der Waals surface area contributed by atoms with Crippen LogP contribution in [0.1, 0.15) is 26.5 Å². The molecule has 19 heavy (non-hydrogen) atoms. The summed E-state index contributed by atoms with van der Waals surface area (Å²) in [5.41, 5.74) is 6.32. The first-order valence-electron chi connectivity index (χ1n) is 5.83. The van der Waals surface area contributed by atoms with Gasteiger partial charge in [0.1, 0.15) is 10.8 Å². The number of hydrogen-bond acceptors (Lipinski definition) is 4. The van der Waals surface area contributed by atoms with Gasteiger partial charge in [-0.1, -0.05) is 17.7 Å². The Kier molecular flexibility index (Phi) is 5.18. The molecule has 0 saturated carbocycles. The molecule has 5 nitrogen and oxygen atoms in total. The van der Waals surface area contributed by atoms with E-state index in [4.69, 9.17) is 22.1 Å². The van der Waals surface area contributed by atoms with Crippen LogP contribution in [0.5, 0.6) is 0 Å². The van der Waals surface area contributed by atoms with E-state index in [0.29, 0.717) is 23.1 Å². The summed E-state index contributed by atoms with van der Waals surface area (Å²) in [6.07, 6.45) is 2.95. The smallest absolute Gasteiger partial charge is 0.407 e. The van der Waals surface area contributed by atoms with Gasteiger partial charge in [-0.15, -0.1) is 0 Å². The Morgan fingerprint density at radius 2 is 2.21 bits per heavy atom. The van der Waals surface area contributed by atoms with Crippen LogP contribution >= 0.6 is 11.6 Å². The number of nitrogens with two attached hydrogens (primary N) is 1. The Morgan fingerprint density at radius 1 is 1.53 bits per heavy atom. The number of alkyl carbamates (subject to hydrolysis) is 1. The number of amides is 1. The van der Waals surface area contributed by atoms with Crippen LogP contribution < -0.4 is 11.1 Å². The number of anilines is 1. The van der Waals surface area contributed by atoms with Crippen LogP contribution in [0.2, 0.25) is 5.15 Å². The molecule has 0 atom stereocenters. The predicted octanol–water partition coefficient (Wildman–Crippen LogP) is 2.86. The lowest BCUT2D eigenvalue weighted by Crippen LogP contribution is -2.32. The lowest BCUT2D eigenvalue weighted by Gasteiger charge is -2.19. The van der Waals surface area contributed by atoms with Gasteiger partial charge < -0.3 is 15.8 Å². The average Bonchev–Trinajstić information content (AvgIpc) is 2.26. The maximum Gasteiger partial charge on any atom is 0.407 e. The van der Waals surface area contributed by atoms with Crippen molar-refractivity contribution >= 4 is 29.5 Å². The lowest BCUT2D eigenvalue weighted by atomic mass is 10.2. The first-order chi connectivity index (χ1) is 8.78. The van der Waals surface area contributed by atoms with E-state index in [1.54, 1.807) is 45.1 Å². The van der Waals surface area contributed by atoms with E-state index in [1.165, 1.54) is 0 Å². The van der Waals surface area contributed by atoms with Crippen molar-refractivity contribution in [3.8, 4) is 0 Å². The maximum atomic E-state index is 11.4. The molecule has 6 heteroatoms. The van der Waals surface area contributed by atoms with Crippen LogP contribution in [-0.4, -0.2) is 23.2 Å². The quantitative estimate of drug-likeness (QED) is 0.836. The van der Waals surface area contributed by atoms with Gasteiger partial charge in [-0.05, 0) is 39.0 Å². The third-order valence-corrected chi connectivity index (χ3v) is 2.17. The number of aromatic nitrogens is 1. The number of hydrogen-bond donors (Lipinski definition) is 2. The van der Waals surface area contributed by atoms with Gasteiger partial charge in [0.2, 0.25) is 0 Å². The second-order valence-corrected chi connectivity index (χ2v) is 5.28. The highest BCUT2D eigenvalue weighted by Gasteiger charge is 2.14. The first kappa shape index (κ1) is 15.3. The molecule has 0 spiro atoms. The van der Waals surface area contributed by atoms with E-state index < -0.39 is 11.7 Å². The summed E-state index contributed by atoms with van der Waals surface area (Å²) in [4.78, 5) is 15.4. The topological polar surface area (TPSA) is 77.2 Å². The van der Waals surface area contributed by atoms with Gasteiger partial charge in [0.05, 0.1) is 11.4 Å². The number of carbonyl (C=O) groups is 1. The van der Waals surface area contributed by atoms with Gasteiger partial charge >= 0.3 is 6.09 Å². The third kappa shape index (κ3) is 6.10. The number of nitrogens with zero attached hydrogens (tertiary/aromatic N) is 1. The highest BCUT2D eigenvalue weighted by atomic mass is 35.5. The number of pyridine rings is 1. The van der Waals surface area contributed by atoms with Crippen molar-refractivity contribution in [2.75, 3.05) is 12.3 Å². The molecule has 1 heterocycles. The van der Waals surface area contributed by atoms with Gasteiger partial charge in [-0.2, -0.15) is 0 Å². The van der Waals surface area contributed by atoms with Crippen LogP contribution in [0.3, 0.4) is 0 Å². The maximum absolute atomic E-state index is 11.4. The molecule has 0 aliphatic rings.